The number of anilines is 1. The van der Waals surface area contributed by atoms with Crippen LogP contribution in [0.4, 0.5) is 5.69 Å². The third-order valence-corrected chi connectivity index (χ3v) is 1.91. The maximum absolute atomic E-state index is 11.6. The molecule has 4 heteroatoms. The zero-order valence-electron chi connectivity index (χ0n) is 9.20. The SMILES string of the molecule is COc1cccc(NC(=O)C(C)(C)N)c1. The lowest BCUT2D eigenvalue weighted by Crippen LogP contribution is -2.45. The lowest BCUT2D eigenvalue weighted by atomic mass is 10.1. The topological polar surface area (TPSA) is 64.3 Å². The zero-order valence-corrected chi connectivity index (χ0v) is 9.20. The standard InChI is InChI=1S/C11H16N2O2/c1-11(2,12)10(14)13-8-5-4-6-9(7-8)15-3/h4-7H,12H2,1-3H3,(H,13,14). The highest BCUT2D eigenvalue weighted by Gasteiger charge is 2.21. The molecule has 0 spiro atoms. The van der Waals surface area contributed by atoms with E-state index in [0.717, 1.165) is 0 Å². The van der Waals surface area contributed by atoms with E-state index in [9.17, 15) is 4.79 Å². The Kier molecular flexibility index (Phi) is 3.31. The van der Waals surface area contributed by atoms with Crippen molar-refractivity contribution in [3.05, 3.63) is 24.3 Å². The van der Waals surface area contributed by atoms with Gasteiger partial charge >= 0.3 is 0 Å². The lowest BCUT2D eigenvalue weighted by molar-refractivity contribution is -0.120. The molecule has 0 unspecified atom stereocenters. The molecule has 1 rings (SSSR count). The molecule has 0 atom stereocenters. The molecule has 0 fully saturated rings. The largest absolute Gasteiger partial charge is 0.497 e. The summed E-state index contributed by atoms with van der Waals surface area (Å²) in [6.45, 7) is 3.31. The molecule has 1 amide bonds. The first kappa shape index (κ1) is 11.5. The monoisotopic (exact) mass is 208 g/mol. The van der Waals surface area contributed by atoms with Crippen LogP contribution in [0.15, 0.2) is 24.3 Å². The Hall–Kier alpha value is -1.55. The van der Waals surface area contributed by atoms with Crippen LogP contribution in [-0.2, 0) is 4.79 Å². The maximum atomic E-state index is 11.6. The van der Waals surface area contributed by atoms with Crippen molar-refractivity contribution < 1.29 is 9.53 Å². The number of methoxy groups -OCH3 is 1. The quantitative estimate of drug-likeness (QED) is 0.788. The summed E-state index contributed by atoms with van der Waals surface area (Å²) in [6.07, 6.45) is 0. The Morgan fingerprint density at radius 1 is 1.47 bits per heavy atom. The van der Waals surface area contributed by atoms with E-state index < -0.39 is 5.54 Å². The summed E-state index contributed by atoms with van der Waals surface area (Å²) in [4.78, 5) is 11.6. The van der Waals surface area contributed by atoms with E-state index in [-0.39, 0.29) is 5.91 Å². The minimum atomic E-state index is -0.886. The molecule has 3 N–H and O–H groups in total. The van der Waals surface area contributed by atoms with Crippen LogP contribution in [0.5, 0.6) is 5.75 Å². The minimum Gasteiger partial charge on any atom is -0.497 e. The van der Waals surface area contributed by atoms with Gasteiger partial charge in [0.05, 0.1) is 12.6 Å². The molecule has 4 nitrogen and oxygen atoms in total. The summed E-state index contributed by atoms with van der Waals surface area (Å²) < 4.78 is 5.04. The fourth-order valence-corrected chi connectivity index (χ4v) is 0.993. The number of carbonyl (C=O) groups excluding carboxylic acids is 1. The van der Waals surface area contributed by atoms with Crippen molar-refractivity contribution >= 4 is 11.6 Å². The molecule has 1 aromatic carbocycles. The molecular formula is C11H16N2O2. The van der Waals surface area contributed by atoms with Gasteiger partial charge in [0.25, 0.3) is 0 Å². The van der Waals surface area contributed by atoms with Crippen molar-refractivity contribution in [1.82, 2.24) is 0 Å². The van der Waals surface area contributed by atoms with E-state index >= 15 is 0 Å². The minimum absolute atomic E-state index is 0.226. The smallest absolute Gasteiger partial charge is 0.243 e. The molecule has 0 aliphatic rings. The molecule has 1 aromatic rings. The zero-order chi connectivity index (χ0) is 11.5. The second-order valence-corrected chi connectivity index (χ2v) is 3.91. The van der Waals surface area contributed by atoms with E-state index in [1.54, 1.807) is 39.2 Å². The number of hydrogen-bond acceptors (Lipinski definition) is 3. The van der Waals surface area contributed by atoms with Crippen molar-refractivity contribution in [2.75, 3.05) is 12.4 Å². The summed E-state index contributed by atoms with van der Waals surface area (Å²) >= 11 is 0. The summed E-state index contributed by atoms with van der Waals surface area (Å²) in [5, 5.41) is 2.71. The molecule has 82 valence electrons. The fourth-order valence-electron chi connectivity index (χ4n) is 0.993. The van der Waals surface area contributed by atoms with Crippen LogP contribution in [-0.4, -0.2) is 18.6 Å². The van der Waals surface area contributed by atoms with Crippen LogP contribution < -0.4 is 15.8 Å². The van der Waals surface area contributed by atoms with E-state index in [2.05, 4.69) is 5.32 Å². The van der Waals surface area contributed by atoms with Crippen LogP contribution in [0.25, 0.3) is 0 Å². The predicted molar refractivity (Wildman–Crippen MR) is 59.9 cm³/mol. The highest BCUT2D eigenvalue weighted by molar-refractivity contribution is 5.97. The average molecular weight is 208 g/mol. The molecular weight excluding hydrogens is 192 g/mol. The van der Waals surface area contributed by atoms with Crippen molar-refractivity contribution in [2.24, 2.45) is 5.73 Å². The maximum Gasteiger partial charge on any atom is 0.243 e. The number of benzene rings is 1. The molecule has 0 heterocycles. The Labute approximate surface area is 89.4 Å². The van der Waals surface area contributed by atoms with Crippen LogP contribution >= 0.6 is 0 Å². The Bertz CT molecular complexity index is 356. The van der Waals surface area contributed by atoms with Gasteiger partial charge in [-0.05, 0) is 26.0 Å². The second kappa shape index (κ2) is 4.31. The van der Waals surface area contributed by atoms with Crippen LogP contribution in [0, 0.1) is 0 Å². The number of nitrogens with one attached hydrogen (secondary N) is 1. The molecule has 0 aromatic heterocycles. The number of nitrogens with two attached hydrogens (primary N) is 1. The number of rotatable bonds is 3. The van der Waals surface area contributed by atoms with Gasteiger partial charge in [0, 0.05) is 11.8 Å². The summed E-state index contributed by atoms with van der Waals surface area (Å²) in [5.74, 6) is 0.471. The Morgan fingerprint density at radius 3 is 2.67 bits per heavy atom. The predicted octanol–water partition coefficient (Wildman–Crippen LogP) is 1.37. The van der Waals surface area contributed by atoms with Gasteiger partial charge in [-0.1, -0.05) is 6.07 Å². The first-order chi connectivity index (χ1) is 6.93. The summed E-state index contributed by atoms with van der Waals surface area (Å²) in [6, 6.07) is 7.14. The molecule has 0 aliphatic carbocycles. The summed E-state index contributed by atoms with van der Waals surface area (Å²) in [7, 11) is 1.58. The van der Waals surface area contributed by atoms with Crippen LogP contribution in [0.3, 0.4) is 0 Å². The van der Waals surface area contributed by atoms with Gasteiger partial charge in [-0.25, -0.2) is 0 Å². The third-order valence-electron chi connectivity index (χ3n) is 1.91. The van der Waals surface area contributed by atoms with Crippen molar-refractivity contribution in [1.29, 1.82) is 0 Å². The highest BCUT2D eigenvalue weighted by Crippen LogP contribution is 2.17. The summed E-state index contributed by atoms with van der Waals surface area (Å²) in [5.41, 5.74) is 5.45. The molecule has 0 radical (unpaired) electrons. The van der Waals surface area contributed by atoms with E-state index in [4.69, 9.17) is 10.5 Å². The normalized spacial score (nSPS) is 10.9. The molecule has 0 aliphatic heterocycles. The van der Waals surface area contributed by atoms with E-state index in [1.807, 2.05) is 6.07 Å². The van der Waals surface area contributed by atoms with E-state index in [1.165, 1.54) is 0 Å². The van der Waals surface area contributed by atoms with Crippen molar-refractivity contribution in [3.63, 3.8) is 0 Å². The number of hydrogen-bond donors (Lipinski definition) is 2. The van der Waals surface area contributed by atoms with Gasteiger partial charge in [0.2, 0.25) is 5.91 Å². The van der Waals surface area contributed by atoms with Gasteiger partial charge in [0.15, 0.2) is 0 Å². The van der Waals surface area contributed by atoms with Crippen LogP contribution in [0.2, 0.25) is 0 Å². The van der Waals surface area contributed by atoms with Gasteiger partial charge in [-0.15, -0.1) is 0 Å². The van der Waals surface area contributed by atoms with E-state index in [0.29, 0.717) is 11.4 Å². The molecule has 0 saturated carbocycles. The first-order valence-corrected chi connectivity index (χ1v) is 4.68. The number of ether oxygens (including phenoxy) is 1. The van der Waals surface area contributed by atoms with Gasteiger partial charge in [0.1, 0.15) is 5.75 Å². The highest BCUT2D eigenvalue weighted by atomic mass is 16.5. The Balaban J connectivity index is 2.77. The Morgan fingerprint density at radius 2 is 2.13 bits per heavy atom. The molecule has 15 heavy (non-hydrogen) atoms. The fraction of sp³-hybridized carbons (Fsp3) is 0.364. The van der Waals surface area contributed by atoms with Crippen molar-refractivity contribution in [3.8, 4) is 5.75 Å². The number of carbonyl (C=O) groups is 1. The molecule has 0 bridgehead atoms. The first-order valence-electron chi connectivity index (χ1n) is 4.68. The van der Waals surface area contributed by atoms with Crippen LogP contribution in [0.1, 0.15) is 13.8 Å². The average Bonchev–Trinajstić information content (AvgIpc) is 2.16. The van der Waals surface area contributed by atoms with Gasteiger partial charge in [-0.2, -0.15) is 0 Å². The van der Waals surface area contributed by atoms with Crippen molar-refractivity contribution in [2.45, 2.75) is 19.4 Å². The third kappa shape index (κ3) is 3.25. The van der Waals surface area contributed by atoms with Gasteiger partial charge in [-0.3, -0.25) is 4.79 Å². The lowest BCUT2D eigenvalue weighted by Gasteiger charge is -2.17. The molecule has 0 saturated heterocycles. The van der Waals surface area contributed by atoms with Gasteiger partial charge < -0.3 is 15.8 Å². The second-order valence-electron chi connectivity index (χ2n) is 3.91. The number of amides is 1.